The summed E-state index contributed by atoms with van der Waals surface area (Å²) in [5.41, 5.74) is -0.505. The van der Waals surface area contributed by atoms with E-state index in [0.29, 0.717) is 68.4 Å². The van der Waals surface area contributed by atoms with Crippen molar-refractivity contribution < 1.29 is 18.7 Å². The molecular weight excluding hydrogens is 529 g/mol. The topological polar surface area (TPSA) is 61.9 Å². The molecule has 6 atom stereocenters. The average molecular weight is 580 g/mol. The maximum absolute atomic E-state index is 16.9. The summed E-state index contributed by atoms with van der Waals surface area (Å²) in [5.74, 6) is 0.716. The number of amides is 1. The van der Waals surface area contributed by atoms with E-state index in [1.807, 2.05) is 6.07 Å². The Morgan fingerprint density at radius 3 is 2.60 bits per heavy atom. The van der Waals surface area contributed by atoms with Gasteiger partial charge in [0.2, 0.25) is 5.91 Å². The molecule has 42 heavy (non-hydrogen) atoms. The van der Waals surface area contributed by atoms with Crippen LogP contribution in [-0.2, 0) is 19.7 Å². The van der Waals surface area contributed by atoms with Crippen LogP contribution in [0.25, 0.3) is 0 Å². The lowest BCUT2D eigenvalue weighted by Gasteiger charge is -2.59. The van der Waals surface area contributed by atoms with E-state index in [1.165, 1.54) is 19.4 Å². The van der Waals surface area contributed by atoms with Crippen LogP contribution in [0.15, 0.2) is 18.2 Å². The van der Waals surface area contributed by atoms with Crippen molar-refractivity contribution >= 4 is 17.4 Å². The molecule has 1 aromatic rings. The van der Waals surface area contributed by atoms with Gasteiger partial charge in [0.1, 0.15) is 11.6 Å². The number of carbonyl (C=O) groups is 2. The second kappa shape index (κ2) is 10.9. The first kappa shape index (κ1) is 28.8. The van der Waals surface area contributed by atoms with Crippen LogP contribution in [0.4, 0.5) is 10.1 Å². The number of nitrogens with one attached hydrogen (secondary N) is 1. The zero-order chi connectivity index (χ0) is 29.1. The minimum Gasteiger partial charge on any atom is -0.380 e. The molecule has 6 aliphatic rings. The van der Waals surface area contributed by atoms with Crippen molar-refractivity contribution in [3.05, 3.63) is 29.6 Å². The summed E-state index contributed by atoms with van der Waals surface area (Å²) in [5, 5.41) is 3.14. The first-order chi connectivity index (χ1) is 20.3. The van der Waals surface area contributed by atoms with Crippen LogP contribution in [-0.4, -0.2) is 68.1 Å². The molecule has 4 saturated heterocycles. The molecule has 230 valence electrons. The molecule has 2 spiro atoms. The highest BCUT2D eigenvalue weighted by atomic mass is 19.1. The molecule has 7 heteroatoms. The van der Waals surface area contributed by atoms with E-state index in [1.54, 1.807) is 6.07 Å². The Bertz CT molecular complexity index is 1220. The zero-order valence-electron chi connectivity index (χ0n) is 25.8. The lowest BCUT2D eigenvalue weighted by Crippen LogP contribution is -2.64. The van der Waals surface area contributed by atoms with Gasteiger partial charge in [-0.25, -0.2) is 4.39 Å². The monoisotopic (exact) mass is 579 g/mol. The van der Waals surface area contributed by atoms with E-state index in [4.69, 9.17) is 4.74 Å². The normalized spacial score (nSPS) is 39.3. The molecule has 6 nitrogen and oxygen atoms in total. The molecule has 2 saturated carbocycles. The van der Waals surface area contributed by atoms with Crippen LogP contribution in [0.2, 0.25) is 0 Å². The summed E-state index contributed by atoms with van der Waals surface area (Å²) in [6, 6.07) is 7.00. The predicted molar refractivity (Wildman–Crippen MR) is 162 cm³/mol. The molecule has 1 aromatic carbocycles. The van der Waals surface area contributed by atoms with Gasteiger partial charge in [0.15, 0.2) is 0 Å². The third-order valence-corrected chi connectivity index (χ3v) is 12.9. The molecule has 1 N–H and O–H groups in total. The van der Waals surface area contributed by atoms with Crippen LogP contribution in [0.3, 0.4) is 0 Å². The molecular formula is C35H50FN3O3. The van der Waals surface area contributed by atoms with E-state index in [0.717, 1.165) is 63.7 Å². The fraction of sp³-hybridized carbons (Fsp3) is 0.771. The Morgan fingerprint density at radius 1 is 1.00 bits per heavy atom. The van der Waals surface area contributed by atoms with Crippen molar-refractivity contribution in [3.63, 3.8) is 0 Å². The summed E-state index contributed by atoms with van der Waals surface area (Å²) in [7, 11) is 0. The van der Waals surface area contributed by atoms with Gasteiger partial charge in [0.05, 0.1) is 12.0 Å². The molecule has 6 unspecified atom stereocenters. The van der Waals surface area contributed by atoms with Gasteiger partial charge in [-0.1, -0.05) is 32.8 Å². The number of ether oxygens (including phenoxy) is 1. The minimum atomic E-state index is -0.845. The molecule has 2 aliphatic carbocycles. The zero-order valence-corrected chi connectivity index (χ0v) is 25.8. The van der Waals surface area contributed by atoms with E-state index in [2.05, 4.69) is 35.0 Å². The van der Waals surface area contributed by atoms with Crippen molar-refractivity contribution in [3.8, 4) is 0 Å². The van der Waals surface area contributed by atoms with Crippen LogP contribution in [0.1, 0.15) is 96.5 Å². The van der Waals surface area contributed by atoms with Gasteiger partial charge in [0.25, 0.3) is 0 Å². The van der Waals surface area contributed by atoms with E-state index < -0.39 is 16.2 Å². The lowest BCUT2D eigenvalue weighted by molar-refractivity contribution is -0.163. The Balaban J connectivity index is 1.27. The second-order valence-electron chi connectivity index (χ2n) is 14.8. The smallest absolute Gasteiger partial charge is 0.227 e. The van der Waals surface area contributed by atoms with E-state index >= 15 is 4.39 Å². The van der Waals surface area contributed by atoms with Crippen LogP contribution < -0.4 is 10.2 Å². The molecule has 4 aliphatic heterocycles. The van der Waals surface area contributed by atoms with Gasteiger partial charge < -0.3 is 15.0 Å². The number of carbonyl (C=O) groups excluding carboxylic acids is 2. The Labute approximate surface area is 251 Å². The average Bonchev–Trinajstić information content (AvgIpc) is 3.79. The van der Waals surface area contributed by atoms with Crippen LogP contribution >= 0.6 is 0 Å². The summed E-state index contributed by atoms with van der Waals surface area (Å²) in [4.78, 5) is 32.7. The van der Waals surface area contributed by atoms with Gasteiger partial charge in [-0.3, -0.25) is 14.5 Å². The summed E-state index contributed by atoms with van der Waals surface area (Å²) in [6.07, 6.45) is 11.1. The van der Waals surface area contributed by atoms with Gasteiger partial charge in [-0.15, -0.1) is 0 Å². The number of rotatable bonds is 5. The molecule has 4 heterocycles. The quantitative estimate of drug-likeness (QED) is 0.491. The van der Waals surface area contributed by atoms with Crippen molar-refractivity contribution in [2.24, 2.45) is 22.7 Å². The Morgan fingerprint density at radius 2 is 1.86 bits per heavy atom. The van der Waals surface area contributed by atoms with E-state index in [-0.39, 0.29) is 17.6 Å². The maximum atomic E-state index is 16.9. The number of Topliss-reactive ketones (excluding diaryl/α,β-unsaturated/α-hetero) is 1. The molecule has 0 radical (unpaired) electrons. The van der Waals surface area contributed by atoms with Gasteiger partial charge in [-0.05, 0) is 93.9 Å². The van der Waals surface area contributed by atoms with Gasteiger partial charge in [0, 0.05) is 61.3 Å². The van der Waals surface area contributed by atoms with E-state index in [9.17, 15) is 9.59 Å². The third-order valence-electron chi connectivity index (χ3n) is 12.9. The molecule has 0 aromatic heterocycles. The van der Waals surface area contributed by atoms with Gasteiger partial charge in [-0.2, -0.15) is 0 Å². The first-order valence-electron chi connectivity index (χ1n) is 17.0. The number of nitrogens with zero attached hydrogens (tertiary/aromatic N) is 2. The summed E-state index contributed by atoms with van der Waals surface area (Å²) >= 11 is 0. The number of ketones is 1. The highest BCUT2D eigenvalue weighted by Crippen LogP contribution is 2.65. The Hall–Kier alpha value is -1.99. The number of hydrogen-bond acceptors (Lipinski definition) is 5. The highest BCUT2D eigenvalue weighted by molar-refractivity contribution is 5.90. The standard InChI is InChI=1S/C35H50FN3O3/c1-24(2)29-7-6-18-39(29)26-12-19-38(22-26)25-10-11-27(28(36)21-25)35(23-42-20-16-34(35)15-17-37-32(34)41)30-8-3-4-13-33(30)14-5-9-31(33)40/h10-11,21,24,26,29-30H,3-9,12-20,22-23H2,1-2H3,(H,37,41). The third kappa shape index (κ3) is 4.15. The van der Waals surface area contributed by atoms with Crippen molar-refractivity contribution in [2.45, 2.75) is 108 Å². The highest BCUT2D eigenvalue weighted by Gasteiger charge is 2.69. The maximum Gasteiger partial charge on any atom is 0.227 e. The first-order valence-corrected chi connectivity index (χ1v) is 17.0. The van der Waals surface area contributed by atoms with Crippen molar-refractivity contribution in [1.29, 1.82) is 0 Å². The van der Waals surface area contributed by atoms with Gasteiger partial charge >= 0.3 is 0 Å². The summed E-state index contributed by atoms with van der Waals surface area (Å²) < 4.78 is 23.2. The van der Waals surface area contributed by atoms with Crippen LogP contribution in [0.5, 0.6) is 0 Å². The number of anilines is 1. The largest absolute Gasteiger partial charge is 0.380 e. The number of halogens is 1. The number of benzene rings is 1. The molecule has 0 bridgehead atoms. The van der Waals surface area contributed by atoms with Crippen molar-refractivity contribution in [2.75, 3.05) is 44.3 Å². The molecule has 1 amide bonds. The SMILES string of the molecule is CC(C)C1CCCN1C1CCN(c2ccc(C3(C4CCCCC45CCCC5=O)COCCC34CCNC4=O)c(F)c2)C1. The minimum absolute atomic E-state index is 0.0353. The molecule has 6 fully saturated rings. The fourth-order valence-corrected chi connectivity index (χ4v) is 11.0. The second-order valence-corrected chi connectivity index (χ2v) is 14.8. The molecule has 7 rings (SSSR count). The van der Waals surface area contributed by atoms with Crippen molar-refractivity contribution in [1.82, 2.24) is 10.2 Å². The summed E-state index contributed by atoms with van der Waals surface area (Å²) in [6.45, 7) is 9.14. The Kier molecular flexibility index (Phi) is 7.44. The number of likely N-dealkylation sites (tertiary alicyclic amines) is 1. The lowest BCUT2D eigenvalue weighted by atomic mass is 9.44. The fourth-order valence-electron chi connectivity index (χ4n) is 11.0. The predicted octanol–water partition coefficient (Wildman–Crippen LogP) is 5.62. The van der Waals surface area contributed by atoms with Crippen LogP contribution in [0, 0.1) is 28.5 Å². The number of hydrogen-bond donors (Lipinski definition) is 1.